The molecule has 0 fully saturated rings. The van der Waals surface area contributed by atoms with Crippen molar-refractivity contribution in [3.63, 3.8) is 0 Å². The Bertz CT molecular complexity index is 1160. The Morgan fingerprint density at radius 2 is 1.88 bits per heavy atom. The molecule has 0 saturated carbocycles. The smallest absolute Gasteiger partial charge is 0.261 e. The van der Waals surface area contributed by atoms with Crippen LogP contribution in [0.5, 0.6) is 11.5 Å². The number of aromatic nitrogens is 2. The molecule has 9 heteroatoms. The van der Waals surface area contributed by atoms with Crippen LogP contribution in [0.2, 0.25) is 0 Å². The summed E-state index contributed by atoms with van der Waals surface area (Å²) in [6.45, 7) is 8.73. The van der Waals surface area contributed by atoms with Crippen LogP contribution in [0.1, 0.15) is 35.0 Å². The summed E-state index contributed by atoms with van der Waals surface area (Å²) in [5.74, 6) is 0.944. The van der Waals surface area contributed by atoms with Crippen LogP contribution in [0.3, 0.4) is 0 Å². The van der Waals surface area contributed by atoms with Gasteiger partial charge in [-0.05, 0) is 82.8 Å². The molecule has 0 saturated heterocycles. The van der Waals surface area contributed by atoms with Gasteiger partial charge in [-0.15, -0.1) is 0 Å². The molecule has 0 unspecified atom stereocenters. The van der Waals surface area contributed by atoms with Crippen molar-refractivity contribution in [3.8, 4) is 11.5 Å². The molecule has 0 aliphatic carbocycles. The number of hydrogen-bond donors (Lipinski definition) is 1. The predicted octanol–water partition coefficient (Wildman–Crippen LogP) is 5.46. The molecule has 33 heavy (non-hydrogen) atoms. The van der Waals surface area contributed by atoms with Gasteiger partial charge in [0, 0.05) is 0 Å². The number of nitrogens with zero attached hydrogens (tertiary/aromatic N) is 3. The lowest BCUT2D eigenvalue weighted by atomic mass is 10.2. The molecule has 0 aliphatic heterocycles. The molecular formula is C24H26Br2N4O3. The monoisotopic (exact) mass is 576 g/mol. The zero-order valence-electron chi connectivity index (χ0n) is 19.0. The maximum absolute atomic E-state index is 12.3. The number of benzene rings is 2. The molecule has 1 heterocycles. The molecule has 3 aromatic rings. The first-order valence-electron chi connectivity index (χ1n) is 10.4. The normalized spacial score (nSPS) is 11.1. The second kappa shape index (κ2) is 11.5. The summed E-state index contributed by atoms with van der Waals surface area (Å²) in [6.07, 6.45) is 1.56. The molecule has 7 nitrogen and oxygen atoms in total. The zero-order valence-corrected chi connectivity index (χ0v) is 22.2. The van der Waals surface area contributed by atoms with Crippen LogP contribution >= 0.6 is 31.9 Å². The Morgan fingerprint density at radius 1 is 1.15 bits per heavy atom. The molecule has 1 aromatic heterocycles. The lowest BCUT2D eigenvalue weighted by molar-refractivity contribution is -0.121. The summed E-state index contributed by atoms with van der Waals surface area (Å²) < 4.78 is 15.1. The molecule has 0 aliphatic rings. The van der Waals surface area contributed by atoms with Crippen LogP contribution in [0.15, 0.2) is 50.4 Å². The molecule has 1 amide bonds. The summed E-state index contributed by atoms with van der Waals surface area (Å²) in [4.78, 5) is 12.3. The van der Waals surface area contributed by atoms with Crippen molar-refractivity contribution in [1.82, 2.24) is 15.2 Å². The van der Waals surface area contributed by atoms with Crippen molar-refractivity contribution < 1.29 is 14.3 Å². The number of hydrogen-bond acceptors (Lipinski definition) is 5. The number of hydrazone groups is 1. The lowest BCUT2D eigenvalue weighted by Crippen LogP contribution is -2.24. The number of aryl methyl sites for hydroxylation is 2. The SMILES string of the molecule is CCOc1cc(/C=N/NC(=O)Cn2nc(C)c(Br)c2C)cc(Br)c1OCc1ccc(C)cc1. The van der Waals surface area contributed by atoms with Crippen LogP contribution in [0, 0.1) is 20.8 Å². The van der Waals surface area contributed by atoms with E-state index in [9.17, 15) is 4.79 Å². The van der Waals surface area contributed by atoms with Crippen molar-refractivity contribution in [1.29, 1.82) is 0 Å². The summed E-state index contributed by atoms with van der Waals surface area (Å²) in [5.41, 5.74) is 7.28. The van der Waals surface area contributed by atoms with E-state index in [1.165, 1.54) is 5.56 Å². The molecule has 3 rings (SSSR count). The van der Waals surface area contributed by atoms with Gasteiger partial charge in [-0.1, -0.05) is 29.8 Å². The average Bonchev–Trinajstić information content (AvgIpc) is 3.01. The van der Waals surface area contributed by atoms with E-state index in [0.717, 1.165) is 31.5 Å². The lowest BCUT2D eigenvalue weighted by Gasteiger charge is -2.15. The molecule has 1 N–H and O–H groups in total. The third-order valence-electron chi connectivity index (χ3n) is 4.82. The largest absolute Gasteiger partial charge is 0.490 e. The number of nitrogens with one attached hydrogen (secondary N) is 1. The highest BCUT2D eigenvalue weighted by Crippen LogP contribution is 2.37. The molecule has 0 spiro atoms. The number of carbonyl (C=O) groups is 1. The molecule has 2 aromatic carbocycles. The van der Waals surface area contributed by atoms with Crippen LogP contribution in [0.4, 0.5) is 0 Å². The number of rotatable bonds is 9. The van der Waals surface area contributed by atoms with Gasteiger partial charge in [0.1, 0.15) is 13.2 Å². The molecule has 174 valence electrons. The fourth-order valence-electron chi connectivity index (χ4n) is 3.08. The summed E-state index contributed by atoms with van der Waals surface area (Å²) in [5, 5.41) is 8.41. The number of amides is 1. The van der Waals surface area contributed by atoms with E-state index in [4.69, 9.17) is 9.47 Å². The van der Waals surface area contributed by atoms with Gasteiger partial charge in [-0.2, -0.15) is 10.2 Å². The minimum atomic E-state index is -0.272. The first-order valence-corrected chi connectivity index (χ1v) is 12.0. The van der Waals surface area contributed by atoms with Gasteiger partial charge < -0.3 is 9.47 Å². The summed E-state index contributed by atoms with van der Waals surface area (Å²) in [6, 6.07) is 11.9. The predicted molar refractivity (Wildman–Crippen MR) is 136 cm³/mol. The van der Waals surface area contributed by atoms with E-state index in [-0.39, 0.29) is 12.5 Å². The Morgan fingerprint density at radius 3 is 2.52 bits per heavy atom. The zero-order chi connectivity index (χ0) is 24.0. The van der Waals surface area contributed by atoms with Crippen molar-refractivity contribution in [2.24, 2.45) is 5.10 Å². The minimum Gasteiger partial charge on any atom is -0.490 e. The second-order valence-electron chi connectivity index (χ2n) is 7.47. The average molecular weight is 578 g/mol. The number of ether oxygens (including phenoxy) is 2. The van der Waals surface area contributed by atoms with Crippen LogP contribution < -0.4 is 14.9 Å². The van der Waals surface area contributed by atoms with Gasteiger partial charge in [0.2, 0.25) is 0 Å². The molecule has 0 bridgehead atoms. The number of halogens is 2. The Hall–Kier alpha value is -2.65. The van der Waals surface area contributed by atoms with E-state index in [2.05, 4.69) is 66.5 Å². The highest BCUT2D eigenvalue weighted by Gasteiger charge is 2.13. The van der Waals surface area contributed by atoms with Crippen LogP contribution in [-0.4, -0.2) is 28.5 Å². The number of carbonyl (C=O) groups excluding carboxylic acids is 1. The Labute approximate surface area is 210 Å². The standard InChI is InChI=1S/C24H26Br2N4O3/c1-5-32-21-11-19(10-20(25)24(21)33-14-18-8-6-15(2)7-9-18)12-27-28-22(31)13-30-17(4)23(26)16(3)29-30/h6-12H,5,13-14H2,1-4H3,(H,28,31)/b27-12+. The maximum atomic E-state index is 12.3. The Kier molecular flexibility index (Phi) is 8.68. The summed E-state index contributed by atoms with van der Waals surface area (Å²) in [7, 11) is 0. The van der Waals surface area contributed by atoms with Crippen molar-refractivity contribution in [2.45, 2.75) is 40.8 Å². The topological polar surface area (TPSA) is 77.7 Å². The first-order chi connectivity index (χ1) is 15.8. The van der Waals surface area contributed by atoms with Gasteiger partial charge in [0.05, 0.1) is 33.2 Å². The highest BCUT2D eigenvalue weighted by molar-refractivity contribution is 9.10. The fourth-order valence-corrected chi connectivity index (χ4v) is 3.94. The maximum Gasteiger partial charge on any atom is 0.261 e. The van der Waals surface area contributed by atoms with E-state index in [1.54, 1.807) is 10.9 Å². The molecular weight excluding hydrogens is 552 g/mol. The fraction of sp³-hybridized carbons (Fsp3) is 0.292. The third kappa shape index (κ3) is 6.68. The van der Waals surface area contributed by atoms with E-state index in [1.807, 2.05) is 45.0 Å². The Balaban J connectivity index is 1.67. The van der Waals surface area contributed by atoms with Gasteiger partial charge in [0.15, 0.2) is 11.5 Å². The van der Waals surface area contributed by atoms with Crippen LogP contribution in [-0.2, 0) is 17.9 Å². The molecule has 0 atom stereocenters. The third-order valence-corrected chi connectivity index (χ3v) is 6.56. The van der Waals surface area contributed by atoms with E-state index < -0.39 is 0 Å². The first kappa shape index (κ1) is 25.0. The summed E-state index contributed by atoms with van der Waals surface area (Å²) >= 11 is 7.03. The van der Waals surface area contributed by atoms with Gasteiger partial charge >= 0.3 is 0 Å². The van der Waals surface area contributed by atoms with Crippen LogP contribution in [0.25, 0.3) is 0 Å². The second-order valence-corrected chi connectivity index (χ2v) is 9.12. The van der Waals surface area contributed by atoms with Gasteiger partial charge in [-0.3, -0.25) is 9.48 Å². The van der Waals surface area contributed by atoms with Gasteiger partial charge in [0.25, 0.3) is 5.91 Å². The van der Waals surface area contributed by atoms with E-state index in [0.29, 0.717) is 24.7 Å². The minimum absolute atomic E-state index is 0.0787. The van der Waals surface area contributed by atoms with E-state index >= 15 is 0 Å². The van der Waals surface area contributed by atoms with Crippen molar-refractivity contribution in [2.75, 3.05) is 6.61 Å². The highest BCUT2D eigenvalue weighted by atomic mass is 79.9. The van der Waals surface area contributed by atoms with Gasteiger partial charge in [-0.25, -0.2) is 5.43 Å². The van der Waals surface area contributed by atoms with Crippen molar-refractivity contribution in [3.05, 3.63) is 73.4 Å². The quantitative estimate of drug-likeness (QED) is 0.270. The van der Waals surface area contributed by atoms with Crippen molar-refractivity contribution >= 4 is 44.0 Å². The molecule has 0 radical (unpaired) electrons.